The second-order valence-corrected chi connectivity index (χ2v) is 5.75. The summed E-state index contributed by atoms with van der Waals surface area (Å²) in [7, 11) is 1.51. The zero-order valence-corrected chi connectivity index (χ0v) is 13.4. The lowest BCUT2D eigenvalue weighted by Crippen LogP contribution is -2.41. The molecule has 0 fully saturated rings. The van der Waals surface area contributed by atoms with Crippen LogP contribution in [0.2, 0.25) is 0 Å². The van der Waals surface area contributed by atoms with Crippen LogP contribution in [0.5, 0.6) is 0 Å². The first-order valence-corrected chi connectivity index (χ1v) is 7.84. The van der Waals surface area contributed by atoms with Gasteiger partial charge in [-0.2, -0.15) is 0 Å². The first-order chi connectivity index (χ1) is 11.6. The Morgan fingerprint density at radius 3 is 2.46 bits per heavy atom. The number of anilines is 1. The van der Waals surface area contributed by atoms with Crippen molar-refractivity contribution < 1.29 is 19.4 Å². The van der Waals surface area contributed by atoms with Crippen LogP contribution in [0.1, 0.15) is 29.6 Å². The van der Waals surface area contributed by atoms with Crippen molar-refractivity contribution >= 4 is 17.6 Å². The minimum atomic E-state index is -0.860. The molecule has 1 unspecified atom stereocenters. The molecule has 0 saturated carbocycles. The van der Waals surface area contributed by atoms with Crippen LogP contribution in [0.3, 0.4) is 0 Å². The summed E-state index contributed by atoms with van der Waals surface area (Å²) >= 11 is 0. The summed E-state index contributed by atoms with van der Waals surface area (Å²) in [6, 6.07) is 16.5. The van der Waals surface area contributed by atoms with Crippen molar-refractivity contribution in [3.05, 3.63) is 65.7 Å². The number of amides is 1. The number of carbonyl (C=O) groups is 2. The number of hydrogen-bond acceptors (Lipinski definition) is 3. The van der Waals surface area contributed by atoms with E-state index in [4.69, 9.17) is 4.74 Å². The largest absolute Gasteiger partial charge is 0.481 e. The van der Waals surface area contributed by atoms with Gasteiger partial charge in [-0.3, -0.25) is 9.59 Å². The van der Waals surface area contributed by atoms with Crippen LogP contribution in [0, 0.1) is 0 Å². The Labute approximate surface area is 140 Å². The molecule has 1 N–H and O–H groups in total. The summed E-state index contributed by atoms with van der Waals surface area (Å²) in [4.78, 5) is 26.1. The Morgan fingerprint density at radius 2 is 1.79 bits per heavy atom. The molecule has 24 heavy (non-hydrogen) atoms. The number of carbonyl (C=O) groups excluding carboxylic acids is 1. The van der Waals surface area contributed by atoms with Crippen molar-refractivity contribution in [2.24, 2.45) is 0 Å². The van der Waals surface area contributed by atoms with Crippen molar-refractivity contribution in [2.45, 2.75) is 18.4 Å². The molecule has 0 aliphatic carbocycles. The molecule has 5 nitrogen and oxygen atoms in total. The summed E-state index contributed by atoms with van der Waals surface area (Å²) in [5, 5.41) is 9.42. The molecular weight excluding hydrogens is 306 g/mol. The van der Waals surface area contributed by atoms with Crippen molar-refractivity contribution in [3.63, 3.8) is 0 Å². The van der Waals surface area contributed by atoms with E-state index in [2.05, 4.69) is 0 Å². The molecular formula is C19H19NO4. The number of hydrogen-bond donors (Lipinski definition) is 1. The van der Waals surface area contributed by atoms with Gasteiger partial charge in [-0.15, -0.1) is 0 Å². The van der Waals surface area contributed by atoms with Crippen LogP contribution in [0.15, 0.2) is 54.6 Å². The summed E-state index contributed by atoms with van der Waals surface area (Å²) < 4.78 is 5.43. The Balaban J connectivity index is 1.96. The summed E-state index contributed by atoms with van der Waals surface area (Å²) in [5.41, 5.74) is 2.11. The standard InChI is InChI=1S/C19H19NO4/c1-24-17(13-7-3-2-4-8-13)18(21)20-12-11-15(19(22)23)14-9-5-6-10-16(14)20/h2-10,15,17H,11-12H2,1H3,(H,22,23)/t15?,17-/m1/s1. The van der Waals surface area contributed by atoms with E-state index >= 15 is 0 Å². The van der Waals surface area contributed by atoms with Gasteiger partial charge in [0.15, 0.2) is 6.10 Å². The summed E-state index contributed by atoms with van der Waals surface area (Å²) in [6.07, 6.45) is -0.316. The van der Waals surface area contributed by atoms with Gasteiger partial charge in [0, 0.05) is 19.3 Å². The molecule has 3 rings (SSSR count). The maximum Gasteiger partial charge on any atom is 0.311 e. The Bertz CT molecular complexity index is 744. The van der Waals surface area contributed by atoms with E-state index in [9.17, 15) is 14.7 Å². The number of nitrogens with zero attached hydrogens (tertiary/aromatic N) is 1. The van der Waals surface area contributed by atoms with Gasteiger partial charge in [0.1, 0.15) is 0 Å². The number of aliphatic carboxylic acids is 1. The quantitative estimate of drug-likeness (QED) is 0.938. The third kappa shape index (κ3) is 2.90. The van der Waals surface area contributed by atoms with Crippen molar-refractivity contribution in [1.82, 2.24) is 0 Å². The molecule has 1 amide bonds. The van der Waals surface area contributed by atoms with Gasteiger partial charge in [0.05, 0.1) is 5.92 Å². The third-order valence-corrected chi connectivity index (χ3v) is 4.37. The molecule has 5 heteroatoms. The molecule has 2 atom stereocenters. The highest BCUT2D eigenvalue weighted by atomic mass is 16.5. The normalized spacial score (nSPS) is 17.9. The van der Waals surface area contributed by atoms with E-state index in [1.807, 2.05) is 36.4 Å². The second kappa shape index (κ2) is 6.84. The van der Waals surface area contributed by atoms with Gasteiger partial charge in [0.25, 0.3) is 5.91 Å². The number of carboxylic acid groups (broad SMARTS) is 1. The van der Waals surface area contributed by atoms with E-state index in [1.54, 1.807) is 23.1 Å². The predicted octanol–water partition coefficient (Wildman–Crippen LogP) is 2.98. The number of methoxy groups -OCH3 is 1. The van der Waals surface area contributed by atoms with E-state index < -0.39 is 18.0 Å². The average molecular weight is 325 g/mol. The number of para-hydroxylation sites is 1. The molecule has 1 heterocycles. The van der Waals surface area contributed by atoms with Crippen molar-refractivity contribution in [2.75, 3.05) is 18.6 Å². The number of rotatable bonds is 4. The van der Waals surface area contributed by atoms with Gasteiger partial charge in [-0.1, -0.05) is 48.5 Å². The monoisotopic (exact) mass is 325 g/mol. The molecule has 0 saturated heterocycles. The molecule has 1 aliphatic rings. The Morgan fingerprint density at radius 1 is 1.12 bits per heavy atom. The topological polar surface area (TPSA) is 66.8 Å². The molecule has 1 aliphatic heterocycles. The number of ether oxygens (including phenoxy) is 1. The highest BCUT2D eigenvalue weighted by Gasteiger charge is 2.35. The van der Waals surface area contributed by atoms with E-state index in [0.29, 0.717) is 24.2 Å². The smallest absolute Gasteiger partial charge is 0.311 e. The van der Waals surface area contributed by atoms with Gasteiger partial charge in [-0.05, 0) is 23.6 Å². The van der Waals surface area contributed by atoms with Crippen LogP contribution in [0.4, 0.5) is 5.69 Å². The highest BCUT2D eigenvalue weighted by molar-refractivity contribution is 5.99. The number of carboxylic acids is 1. The zero-order chi connectivity index (χ0) is 17.1. The molecule has 2 aromatic rings. The minimum absolute atomic E-state index is 0.181. The van der Waals surface area contributed by atoms with E-state index in [-0.39, 0.29) is 5.91 Å². The average Bonchev–Trinajstić information content (AvgIpc) is 2.62. The Hall–Kier alpha value is -2.66. The van der Waals surface area contributed by atoms with Gasteiger partial charge < -0.3 is 14.7 Å². The third-order valence-electron chi connectivity index (χ3n) is 4.37. The number of fused-ring (bicyclic) bond motifs is 1. The first kappa shape index (κ1) is 16.2. The van der Waals surface area contributed by atoms with Crippen LogP contribution >= 0.6 is 0 Å². The fourth-order valence-corrected chi connectivity index (χ4v) is 3.20. The van der Waals surface area contributed by atoms with Crippen molar-refractivity contribution in [1.29, 1.82) is 0 Å². The minimum Gasteiger partial charge on any atom is -0.481 e. The van der Waals surface area contributed by atoms with E-state index in [0.717, 1.165) is 5.56 Å². The van der Waals surface area contributed by atoms with Gasteiger partial charge >= 0.3 is 5.97 Å². The van der Waals surface area contributed by atoms with Gasteiger partial charge in [-0.25, -0.2) is 0 Å². The van der Waals surface area contributed by atoms with Crippen molar-refractivity contribution in [3.8, 4) is 0 Å². The molecule has 0 spiro atoms. The zero-order valence-electron chi connectivity index (χ0n) is 13.4. The van der Waals surface area contributed by atoms with Crippen LogP contribution in [0.25, 0.3) is 0 Å². The number of benzene rings is 2. The summed E-state index contributed by atoms with van der Waals surface area (Å²) in [5.74, 6) is -1.62. The molecule has 0 bridgehead atoms. The van der Waals surface area contributed by atoms with Crippen LogP contribution in [-0.4, -0.2) is 30.6 Å². The van der Waals surface area contributed by atoms with Crippen LogP contribution in [-0.2, 0) is 14.3 Å². The highest BCUT2D eigenvalue weighted by Crippen LogP contribution is 2.37. The summed E-state index contributed by atoms with van der Waals surface area (Å²) in [6.45, 7) is 0.361. The fraction of sp³-hybridized carbons (Fsp3) is 0.263. The SMILES string of the molecule is CO[C@@H](C(=O)N1CCC(C(=O)O)c2ccccc21)c1ccccc1. The fourth-order valence-electron chi connectivity index (χ4n) is 3.20. The molecule has 0 radical (unpaired) electrons. The van der Waals surface area contributed by atoms with E-state index in [1.165, 1.54) is 7.11 Å². The molecule has 124 valence electrons. The lowest BCUT2D eigenvalue weighted by Gasteiger charge is -2.34. The molecule has 0 aromatic heterocycles. The predicted molar refractivity (Wildman–Crippen MR) is 90.0 cm³/mol. The molecule has 2 aromatic carbocycles. The Kier molecular flexibility index (Phi) is 4.62. The van der Waals surface area contributed by atoms with Gasteiger partial charge in [0.2, 0.25) is 0 Å². The van der Waals surface area contributed by atoms with Crippen LogP contribution < -0.4 is 4.90 Å². The maximum absolute atomic E-state index is 13.0. The maximum atomic E-state index is 13.0. The second-order valence-electron chi connectivity index (χ2n) is 5.75. The lowest BCUT2D eigenvalue weighted by molar-refractivity contribution is -0.139. The first-order valence-electron chi connectivity index (χ1n) is 7.84. The lowest BCUT2D eigenvalue weighted by atomic mass is 9.89.